The summed E-state index contributed by atoms with van der Waals surface area (Å²) in [5.74, 6) is -0.207. The van der Waals surface area contributed by atoms with E-state index in [9.17, 15) is 14.7 Å². The molecule has 36 heavy (non-hydrogen) atoms. The molecule has 8 nitrogen and oxygen atoms in total. The Balaban J connectivity index is 1.62. The fraction of sp³-hybridized carbons (Fsp3) is 0.464. The van der Waals surface area contributed by atoms with Gasteiger partial charge in [0.25, 0.3) is 5.91 Å². The van der Waals surface area contributed by atoms with Crippen LogP contribution in [0.5, 0.6) is 0 Å². The second-order valence-corrected chi connectivity index (χ2v) is 10.3. The quantitative estimate of drug-likeness (QED) is 0.523. The van der Waals surface area contributed by atoms with Gasteiger partial charge in [0.15, 0.2) is 5.96 Å². The molecule has 4 atom stereocenters. The van der Waals surface area contributed by atoms with Crippen LogP contribution in [0.4, 0.5) is 0 Å². The molecule has 0 fully saturated rings. The number of nitrogens with zero attached hydrogens (tertiary/aromatic N) is 2. The Morgan fingerprint density at radius 1 is 1.25 bits per heavy atom. The number of aliphatic imine (C=N–C) groups is 1. The Hall–Kier alpha value is -3.23. The number of fused-ring (bicyclic) bond motifs is 1. The van der Waals surface area contributed by atoms with Gasteiger partial charge in [-0.3, -0.25) is 14.5 Å². The monoisotopic (exact) mass is 492 g/mol. The van der Waals surface area contributed by atoms with Crippen molar-refractivity contribution in [2.75, 3.05) is 13.7 Å². The molecule has 8 heteroatoms. The number of methoxy groups -OCH3 is 1. The molecule has 0 spiro atoms. The lowest BCUT2D eigenvalue weighted by atomic mass is 9.91. The Morgan fingerprint density at radius 3 is 2.69 bits per heavy atom. The van der Waals surface area contributed by atoms with Gasteiger partial charge in [-0.1, -0.05) is 43.3 Å². The number of aliphatic hydroxyl groups is 1. The van der Waals surface area contributed by atoms with E-state index < -0.39 is 23.2 Å². The standard InChI is InChI=1S/C28H36N4O4/c1-5-27(2)17-23(33)32(26(29)31-27)22(13-14-36-4)18-10-8-11-19(15-18)25(34)30-24-21-12-7-6-9-20(21)16-28(24,3)35/h6-12,15,22,24,35H,5,13-14,16-17H2,1-4H3,(H2,29,31)(H,30,34)/t22-,24-,27?,28-/m1/s1. The predicted octanol–water partition coefficient (Wildman–Crippen LogP) is 3.26. The Morgan fingerprint density at radius 2 is 2.00 bits per heavy atom. The van der Waals surface area contributed by atoms with E-state index in [2.05, 4.69) is 10.3 Å². The molecule has 0 bridgehead atoms. The first-order valence-corrected chi connectivity index (χ1v) is 12.5. The number of nitrogens with one attached hydrogen (secondary N) is 1. The zero-order valence-corrected chi connectivity index (χ0v) is 21.5. The predicted molar refractivity (Wildman–Crippen MR) is 138 cm³/mol. The van der Waals surface area contributed by atoms with Crippen molar-refractivity contribution in [3.05, 3.63) is 70.8 Å². The third-order valence-electron chi connectivity index (χ3n) is 7.45. The lowest BCUT2D eigenvalue weighted by Crippen LogP contribution is -2.52. The van der Waals surface area contributed by atoms with Crippen LogP contribution in [-0.4, -0.2) is 52.6 Å². The fourth-order valence-corrected chi connectivity index (χ4v) is 5.25. The highest BCUT2D eigenvalue weighted by molar-refractivity contribution is 5.99. The Kier molecular flexibility index (Phi) is 7.20. The first-order valence-electron chi connectivity index (χ1n) is 12.5. The van der Waals surface area contributed by atoms with E-state index in [4.69, 9.17) is 10.5 Å². The molecule has 0 radical (unpaired) electrons. The maximum absolute atomic E-state index is 13.3. The molecule has 2 aromatic rings. The second kappa shape index (κ2) is 10.0. The summed E-state index contributed by atoms with van der Waals surface area (Å²) in [6, 6.07) is 14.0. The third-order valence-corrected chi connectivity index (χ3v) is 7.45. The molecule has 1 aliphatic carbocycles. The first kappa shape index (κ1) is 25.9. The van der Waals surface area contributed by atoms with Crippen LogP contribution in [0.2, 0.25) is 0 Å². The molecule has 4 rings (SSSR count). The molecular weight excluding hydrogens is 456 g/mol. The van der Waals surface area contributed by atoms with Crippen molar-refractivity contribution in [2.45, 2.75) is 69.7 Å². The van der Waals surface area contributed by atoms with Gasteiger partial charge in [-0.05, 0) is 55.5 Å². The maximum atomic E-state index is 13.3. The molecule has 0 saturated heterocycles. The van der Waals surface area contributed by atoms with E-state index >= 15 is 0 Å². The zero-order valence-electron chi connectivity index (χ0n) is 21.5. The van der Waals surface area contributed by atoms with Gasteiger partial charge in [0, 0.05) is 25.7 Å². The topological polar surface area (TPSA) is 117 Å². The molecule has 0 aromatic heterocycles. The van der Waals surface area contributed by atoms with Crippen LogP contribution in [0.15, 0.2) is 53.5 Å². The lowest BCUT2D eigenvalue weighted by molar-refractivity contribution is -0.131. The summed E-state index contributed by atoms with van der Waals surface area (Å²) < 4.78 is 5.31. The summed E-state index contributed by atoms with van der Waals surface area (Å²) in [7, 11) is 1.61. The minimum Gasteiger partial charge on any atom is -0.387 e. The number of hydrogen-bond acceptors (Lipinski definition) is 6. The highest BCUT2D eigenvalue weighted by atomic mass is 16.5. The van der Waals surface area contributed by atoms with Gasteiger partial charge < -0.3 is 20.9 Å². The molecule has 4 N–H and O–H groups in total. The number of nitrogens with two attached hydrogens (primary N) is 1. The number of carbonyl (C=O) groups excluding carboxylic acids is 2. The highest BCUT2D eigenvalue weighted by Crippen LogP contribution is 2.39. The van der Waals surface area contributed by atoms with E-state index in [0.717, 1.165) is 16.7 Å². The van der Waals surface area contributed by atoms with Crippen LogP contribution in [0.25, 0.3) is 0 Å². The highest BCUT2D eigenvalue weighted by Gasteiger charge is 2.42. The fourth-order valence-electron chi connectivity index (χ4n) is 5.25. The average Bonchev–Trinajstić information content (AvgIpc) is 3.10. The van der Waals surface area contributed by atoms with Crippen LogP contribution in [0.3, 0.4) is 0 Å². The van der Waals surface area contributed by atoms with Gasteiger partial charge in [-0.15, -0.1) is 0 Å². The molecule has 2 aliphatic rings. The van der Waals surface area contributed by atoms with Crippen LogP contribution in [-0.2, 0) is 16.0 Å². The number of ether oxygens (including phenoxy) is 1. The average molecular weight is 493 g/mol. The summed E-state index contributed by atoms with van der Waals surface area (Å²) >= 11 is 0. The van der Waals surface area contributed by atoms with E-state index in [1.807, 2.05) is 44.2 Å². The number of amides is 2. The van der Waals surface area contributed by atoms with Crippen molar-refractivity contribution in [3.63, 3.8) is 0 Å². The smallest absolute Gasteiger partial charge is 0.251 e. The summed E-state index contributed by atoms with van der Waals surface area (Å²) in [5, 5.41) is 14.0. The van der Waals surface area contributed by atoms with Crippen LogP contribution < -0.4 is 11.1 Å². The van der Waals surface area contributed by atoms with Gasteiger partial charge in [-0.25, -0.2) is 4.99 Å². The van der Waals surface area contributed by atoms with Gasteiger partial charge in [0.1, 0.15) is 0 Å². The molecule has 2 aromatic carbocycles. The molecule has 2 amide bonds. The van der Waals surface area contributed by atoms with Crippen molar-refractivity contribution < 1.29 is 19.4 Å². The number of rotatable bonds is 8. The number of hydrogen-bond donors (Lipinski definition) is 3. The SMILES string of the molecule is CCC1(C)CC(=O)N([C@H](CCOC)c2cccc(C(=O)N[C@@H]3c4ccccc4C[C@@]3(C)O)c2)C(N)=N1. The molecule has 192 valence electrons. The number of guanidine groups is 1. The second-order valence-electron chi connectivity index (χ2n) is 10.3. The van der Waals surface area contributed by atoms with Gasteiger partial charge in [0.2, 0.25) is 5.91 Å². The minimum atomic E-state index is -1.09. The van der Waals surface area contributed by atoms with Crippen molar-refractivity contribution in [3.8, 4) is 0 Å². The molecule has 1 heterocycles. The van der Waals surface area contributed by atoms with Crippen molar-refractivity contribution in [1.82, 2.24) is 10.2 Å². The maximum Gasteiger partial charge on any atom is 0.251 e. The van der Waals surface area contributed by atoms with E-state index in [1.54, 1.807) is 32.2 Å². The van der Waals surface area contributed by atoms with E-state index in [-0.39, 0.29) is 24.2 Å². The summed E-state index contributed by atoms with van der Waals surface area (Å²) in [4.78, 5) is 32.7. The molecular formula is C28H36N4O4. The largest absolute Gasteiger partial charge is 0.387 e. The zero-order chi connectivity index (χ0) is 26.1. The van der Waals surface area contributed by atoms with Crippen LogP contribution in [0.1, 0.15) is 79.2 Å². The van der Waals surface area contributed by atoms with E-state index in [0.29, 0.717) is 31.4 Å². The van der Waals surface area contributed by atoms with Crippen LogP contribution in [0, 0.1) is 0 Å². The Bertz CT molecular complexity index is 1180. The summed E-state index contributed by atoms with van der Waals surface area (Å²) in [5.41, 5.74) is 7.87. The van der Waals surface area contributed by atoms with Gasteiger partial charge >= 0.3 is 0 Å². The normalized spacial score (nSPS) is 26.4. The van der Waals surface area contributed by atoms with Crippen LogP contribution >= 0.6 is 0 Å². The summed E-state index contributed by atoms with van der Waals surface area (Å²) in [6.07, 6.45) is 1.94. The molecule has 1 aliphatic heterocycles. The number of benzene rings is 2. The van der Waals surface area contributed by atoms with Crippen molar-refractivity contribution >= 4 is 17.8 Å². The van der Waals surface area contributed by atoms with Gasteiger partial charge in [-0.2, -0.15) is 0 Å². The Labute approximate surface area is 212 Å². The van der Waals surface area contributed by atoms with Crippen molar-refractivity contribution in [1.29, 1.82) is 0 Å². The third kappa shape index (κ3) is 5.01. The van der Waals surface area contributed by atoms with Crippen molar-refractivity contribution in [2.24, 2.45) is 10.7 Å². The molecule has 0 saturated carbocycles. The first-order chi connectivity index (χ1) is 17.1. The van der Waals surface area contributed by atoms with Gasteiger partial charge in [0.05, 0.1) is 29.6 Å². The molecule has 1 unspecified atom stereocenters. The lowest BCUT2D eigenvalue weighted by Gasteiger charge is -2.39. The van der Waals surface area contributed by atoms with E-state index in [1.165, 1.54) is 4.90 Å². The number of carbonyl (C=O) groups is 2. The summed E-state index contributed by atoms with van der Waals surface area (Å²) in [6.45, 7) is 6.07. The minimum absolute atomic E-state index is 0.0959.